The second kappa shape index (κ2) is 7.90. The third-order valence-electron chi connectivity index (χ3n) is 5.85. The summed E-state index contributed by atoms with van der Waals surface area (Å²) < 4.78 is 2.12. The van der Waals surface area contributed by atoms with E-state index < -0.39 is 0 Å². The Morgan fingerprint density at radius 2 is 1.86 bits per heavy atom. The molecule has 5 nitrogen and oxygen atoms in total. The molecule has 150 valence electrons. The molecule has 0 unspecified atom stereocenters. The Kier molecular flexibility index (Phi) is 5.89. The molecule has 28 heavy (non-hydrogen) atoms. The lowest BCUT2D eigenvalue weighted by atomic mass is 9.97. The Morgan fingerprint density at radius 1 is 1.07 bits per heavy atom. The molecule has 0 radical (unpaired) electrons. The molecule has 3 aromatic rings. The van der Waals surface area contributed by atoms with Crippen LogP contribution in [0.1, 0.15) is 47.6 Å². The van der Waals surface area contributed by atoms with E-state index in [-0.39, 0.29) is 24.8 Å². The van der Waals surface area contributed by atoms with E-state index in [0.29, 0.717) is 11.7 Å². The van der Waals surface area contributed by atoms with Gasteiger partial charge < -0.3 is 10.4 Å². The third-order valence-corrected chi connectivity index (χ3v) is 5.85. The number of aromatic hydroxyl groups is 1. The van der Waals surface area contributed by atoms with Crippen LogP contribution in [0.3, 0.4) is 0 Å². The molecule has 3 heterocycles. The number of pyridine rings is 1. The van der Waals surface area contributed by atoms with Gasteiger partial charge in [0.05, 0.1) is 16.9 Å². The molecule has 0 bridgehead atoms. The van der Waals surface area contributed by atoms with Gasteiger partial charge in [-0.2, -0.15) is 5.10 Å². The van der Waals surface area contributed by atoms with E-state index in [0.717, 1.165) is 59.5 Å². The summed E-state index contributed by atoms with van der Waals surface area (Å²) >= 11 is 0. The van der Waals surface area contributed by atoms with Gasteiger partial charge in [0, 0.05) is 18.5 Å². The molecule has 2 aromatic heterocycles. The maximum absolute atomic E-state index is 10.3. The molecule has 2 aliphatic rings. The van der Waals surface area contributed by atoms with Crippen molar-refractivity contribution < 1.29 is 5.11 Å². The van der Waals surface area contributed by atoms with Crippen molar-refractivity contribution in [3.8, 4) is 17.1 Å². The lowest BCUT2D eigenvalue weighted by Crippen LogP contribution is -2.11. The van der Waals surface area contributed by atoms with Crippen molar-refractivity contribution in [3.63, 3.8) is 0 Å². The van der Waals surface area contributed by atoms with Crippen molar-refractivity contribution in [2.45, 2.75) is 52.1 Å². The highest BCUT2D eigenvalue weighted by Gasteiger charge is 2.28. The van der Waals surface area contributed by atoms with E-state index in [1.165, 1.54) is 24.1 Å². The first-order valence-electron chi connectivity index (χ1n) is 9.53. The Balaban J connectivity index is 0.00000112. The molecule has 2 N–H and O–H groups in total. The minimum absolute atomic E-state index is 0. The van der Waals surface area contributed by atoms with Gasteiger partial charge in [0.2, 0.25) is 0 Å². The quantitative estimate of drug-likeness (QED) is 0.633. The number of fused-ring (bicyclic) bond motifs is 2. The van der Waals surface area contributed by atoms with Crippen LogP contribution in [-0.2, 0) is 13.1 Å². The highest BCUT2D eigenvalue weighted by molar-refractivity contribution is 5.90. The summed E-state index contributed by atoms with van der Waals surface area (Å²) in [5.74, 6) is 0.953. The van der Waals surface area contributed by atoms with Crippen LogP contribution >= 0.6 is 24.8 Å². The number of benzene rings is 1. The van der Waals surface area contributed by atoms with Crippen molar-refractivity contribution in [1.29, 1.82) is 0 Å². The number of rotatable bonds is 2. The molecule has 1 fully saturated rings. The molecule has 0 atom stereocenters. The number of nitrogens with one attached hydrogen (secondary N) is 1. The zero-order valence-corrected chi connectivity index (χ0v) is 17.8. The van der Waals surface area contributed by atoms with Crippen molar-refractivity contribution in [2.75, 3.05) is 6.54 Å². The predicted molar refractivity (Wildman–Crippen MR) is 117 cm³/mol. The second-order valence-corrected chi connectivity index (χ2v) is 7.69. The van der Waals surface area contributed by atoms with E-state index in [4.69, 9.17) is 10.1 Å². The predicted octanol–water partition coefficient (Wildman–Crippen LogP) is 4.64. The van der Waals surface area contributed by atoms with Crippen LogP contribution in [0.5, 0.6) is 5.75 Å². The molecular formula is C21H26Cl2N4O. The second-order valence-electron chi connectivity index (χ2n) is 7.69. The average molecular weight is 421 g/mol. The van der Waals surface area contributed by atoms with Gasteiger partial charge in [-0.1, -0.05) is 0 Å². The maximum Gasteiger partial charge on any atom is 0.119 e. The number of aromatic nitrogens is 3. The van der Waals surface area contributed by atoms with Gasteiger partial charge in [0.15, 0.2) is 0 Å². The van der Waals surface area contributed by atoms with Gasteiger partial charge in [0.1, 0.15) is 11.4 Å². The standard InChI is InChI=1S/C21H24N4O.2ClH/c1-12-13(2)21-17(10-20(12)26)16(14-4-5-14)9-18(23-21)19-8-15-11-22-6-3-7-25(15)24-19;;/h8-10,14,22,26H,3-7,11H2,1-2H3;2*1H. The van der Waals surface area contributed by atoms with Gasteiger partial charge in [-0.15, -0.1) is 24.8 Å². The van der Waals surface area contributed by atoms with Crippen LogP contribution in [-0.4, -0.2) is 26.4 Å². The maximum atomic E-state index is 10.3. The molecule has 1 saturated carbocycles. The monoisotopic (exact) mass is 420 g/mol. The molecule has 1 aromatic carbocycles. The van der Waals surface area contributed by atoms with Crippen molar-refractivity contribution >= 4 is 35.7 Å². The highest BCUT2D eigenvalue weighted by atomic mass is 35.5. The summed E-state index contributed by atoms with van der Waals surface area (Å²) in [6.07, 6.45) is 3.54. The first-order chi connectivity index (χ1) is 12.6. The first kappa shape index (κ1) is 20.9. The van der Waals surface area contributed by atoms with Crippen LogP contribution in [0.4, 0.5) is 0 Å². The van der Waals surface area contributed by atoms with Gasteiger partial charge in [-0.05, 0) is 80.5 Å². The fourth-order valence-electron chi connectivity index (χ4n) is 3.98. The van der Waals surface area contributed by atoms with Gasteiger partial charge in [-0.3, -0.25) is 4.68 Å². The smallest absolute Gasteiger partial charge is 0.119 e. The van der Waals surface area contributed by atoms with E-state index in [2.05, 4.69) is 29.1 Å². The molecule has 0 saturated heterocycles. The fraction of sp³-hybridized carbons (Fsp3) is 0.429. The van der Waals surface area contributed by atoms with Gasteiger partial charge in [0.25, 0.3) is 0 Å². The molecule has 5 rings (SSSR count). The summed E-state index contributed by atoms with van der Waals surface area (Å²) in [6, 6.07) is 6.27. The molecule has 0 amide bonds. The number of phenolic OH excluding ortho intramolecular Hbond substituents is 1. The third kappa shape index (κ3) is 3.47. The van der Waals surface area contributed by atoms with E-state index in [1.54, 1.807) is 0 Å². The summed E-state index contributed by atoms with van der Waals surface area (Å²) in [5.41, 5.74) is 7.42. The lowest BCUT2D eigenvalue weighted by Gasteiger charge is -2.13. The number of hydrogen-bond acceptors (Lipinski definition) is 4. The SMILES string of the molecule is Cc1c(O)cc2c(C3CC3)cc(-c3cc4n(n3)CCCNC4)nc2c1C.Cl.Cl. The zero-order valence-electron chi connectivity index (χ0n) is 16.2. The minimum Gasteiger partial charge on any atom is -0.508 e. The largest absolute Gasteiger partial charge is 0.508 e. The van der Waals surface area contributed by atoms with Crippen LogP contribution in [0.15, 0.2) is 18.2 Å². The summed E-state index contributed by atoms with van der Waals surface area (Å²) in [5, 5.41) is 19.7. The van der Waals surface area contributed by atoms with Crippen LogP contribution < -0.4 is 5.32 Å². The number of aryl methyl sites for hydroxylation is 2. The molecule has 1 aliphatic carbocycles. The Labute approximate surface area is 177 Å². The summed E-state index contributed by atoms with van der Waals surface area (Å²) in [4.78, 5) is 4.98. The van der Waals surface area contributed by atoms with Gasteiger partial charge >= 0.3 is 0 Å². The highest BCUT2D eigenvalue weighted by Crippen LogP contribution is 2.45. The number of halogens is 2. The Morgan fingerprint density at radius 3 is 2.61 bits per heavy atom. The fourth-order valence-corrected chi connectivity index (χ4v) is 3.98. The van der Waals surface area contributed by atoms with Crippen LogP contribution in [0.2, 0.25) is 0 Å². The number of phenols is 1. The Hall–Kier alpha value is -1.82. The van der Waals surface area contributed by atoms with Crippen molar-refractivity contribution in [3.05, 3.63) is 40.6 Å². The van der Waals surface area contributed by atoms with Crippen molar-refractivity contribution in [1.82, 2.24) is 20.1 Å². The van der Waals surface area contributed by atoms with E-state index >= 15 is 0 Å². The number of hydrogen-bond donors (Lipinski definition) is 2. The first-order valence-corrected chi connectivity index (χ1v) is 9.53. The molecule has 7 heteroatoms. The normalized spacial score (nSPS) is 16.1. The van der Waals surface area contributed by atoms with Crippen molar-refractivity contribution in [2.24, 2.45) is 0 Å². The van der Waals surface area contributed by atoms with E-state index in [1.807, 2.05) is 13.0 Å². The lowest BCUT2D eigenvalue weighted by molar-refractivity contribution is 0.471. The van der Waals surface area contributed by atoms with Gasteiger partial charge in [-0.25, -0.2) is 4.98 Å². The molecular weight excluding hydrogens is 395 g/mol. The molecule has 1 aliphatic heterocycles. The Bertz CT molecular complexity index is 1000. The average Bonchev–Trinajstić information content (AvgIpc) is 3.44. The summed E-state index contributed by atoms with van der Waals surface area (Å²) in [7, 11) is 0. The van der Waals surface area contributed by atoms with Crippen LogP contribution in [0.25, 0.3) is 22.3 Å². The van der Waals surface area contributed by atoms with Crippen LogP contribution in [0, 0.1) is 13.8 Å². The topological polar surface area (TPSA) is 63.0 Å². The summed E-state index contributed by atoms with van der Waals surface area (Å²) in [6.45, 7) is 6.87. The zero-order chi connectivity index (χ0) is 17.8. The molecule has 0 spiro atoms. The van der Waals surface area contributed by atoms with E-state index in [9.17, 15) is 5.11 Å². The number of nitrogens with zero attached hydrogens (tertiary/aromatic N) is 3. The minimum atomic E-state index is 0.